The van der Waals surface area contributed by atoms with Gasteiger partial charge in [0.25, 0.3) is 0 Å². The first-order valence-electron chi connectivity index (χ1n) is 6.77. The number of carbonyl (C=O) groups excluding carboxylic acids is 1. The number of aliphatic hydroxyl groups is 2. The van der Waals surface area contributed by atoms with Crippen LogP contribution in [-0.2, 0) is 9.53 Å². The highest BCUT2D eigenvalue weighted by atomic mass is 16.6. The molecule has 19 heavy (non-hydrogen) atoms. The van der Waals surface area contributed by atoms with Gasteiger partial charge in [-0.25, -0.2) is 0 Å². The van der Waals surface area contributed by atoms with Gasteiger partial charge in [-0.3, -0.25) is 4.79 Å². The summed E-state index contributed by atoms with van der Waals surface area (Å²) < 4.78 is 5.43. The van der Waals surface area contributed by atoms with Crippen molar-refractivity contribution >= 4 is 5.78 Å². The van der Waals surface area contributed by atoms with Gasteiger partial charge in [0.2, 0.25) is 5.79 Å². The minimum Gasteiger partial charge on any atom is -0.383 e. The zero-order valence-corrected chi connectivity index (χ0v) is 11.5. The number of ether oxygens (including phenoxy) is 1. The third-order valence-corrected chi connectivity index (χ3v) is 5.45. The highest BCUT2D eigenvalue weighted by Crippen LogP contribution is 2.57. The second kappa shape index (κ2) is 3.57. The van der Waals surface area contributed by atoms with Crippen molar-refractivity contribution in [1.29, 1.82) is 0 Å². The summed E-state index contributed by atoms with van der Waals surface area (Å²) in [6, 6.07) is 0. The van der Waals surface area contributed by atoms with E-state index in [4.69, 9.17) is 4.74 Å². The Hall–Kier alpha value is -0.970. The van der Waals surface area contributed by atoms with Gasteiger partial charge in [-0.1, -0.05) is 26.8 Å². The minimum atomic E-state index is -1.63. The van der Waals surface area contributed by atoms with Crippen molar-refractivity contribution in [2.45, 2.75) is 38.6 Å². The van der Waals surface area contributed by atoms with Crippen molar-refractivity contribution in [1.82, 2.24) is 0 Å². The molecule has 1 heterocycles. The molecule has 0 spiro atoms. The van der Waals surface area contributed by atoms with Crippen LogP contribution in [0.5, 0.6) is 0 Å². The predicted octanol–water partition coefficient (Wildman–Crippen LogP) is 1.18. The molecule has 1 aliphatic heterocycles. The average molecular weight is 264 g/mol. The van der Waals surface area contributed by atoms with E-state index in [2.05, 4.69) is 0 Å². The van der Waals surface area contributed by atoms with Crippen LogP contribution in [0.25, 0.3) is 0 Å². The van der Waals surface area contributed by atoms with Crippen LogP contribution in [0.4, 0.5) is 0 Å². The zero-order valence-electron chi connectivity index (χ0n) is 11.5. The Balaban J connectivity index is 2.17. The Labute approximate surface area is 112 Å². The van der Waals surface area contributed by atoms with E-state index in [-0.39, 0.29) is 17.6 Å². The topological polar surface area (TPSA) is 66.8 Å². The molecule has 2 N–H and O–H groups in total. The summed E-state index contributed by atoms with van der Waals surface area (Å²) in [5, 5.41) is 21.5. The van der Waals surface area contributed by atoms with Gasteiger partial charge in [0.1, 0.15) is 5.60 Å². The van der Waals surface area contributed by atoms with E-state index in [1.165, 1.54) is 0 Å². The normalized spacial score (nSPS) is 52.7. The lowest BCUT2D eigenvalue weighted by atomic mass is 9.56. The molecule has 0 bridgehead atoms. The first-order valence-corrected chi connectivity index (χ1v) is 6.77. The van der Waals surface area contributed by atoms with Crippen molar-refractivity contribution in [3.63, 3.8) is 0 Å². The van der Waals surface area contributed by atoms with Crippen LogP contribution in [0, 0.1) is 17.3 Å². The van der Waals surface area contributed by atoms with Crippen LogP contribution < -0.4 is 0 Å². The van der Waals surface area contributed by atoms with Gasteiger partial charge in [-0.2, -0.15) is 0 Å². The molecule has 0 aromatic carbocycles. The fourth-order valence-electron chi connectivity index (χ4n) is 3.64. The monoisotopic (exact) mass is 264 g/mol. The van der Waals surface area contributed by atoms with E-state index in [0.29, 0.717) is 13.0 Å². The predicted molar refractivity (Wildman–Crippen MR) is 69.1 cm³/mol. The molecular formula is C15H20O4. The molecule has 0 aromatic heterocycles. The number of fused-ring (bicyclic) bond motifs is 2. The number of rotatable bonds is 0. The minimum absolute atomic E-state index is 0.0697. The molecule has 3 aliphatic rings. The quantitative estimate of drug-likeness (QED) is 0.689. The molecule has 0 aromatic rings. The smallest absolute Gasteiger partial charge is 0.216 e. The number of carbonyl (C=O) groups is 1. The fraction of sp³-hybridized carbons (Fsp3) is 0.667. The highest BCUT2D eigenvalue weighted by molar-refractivity contribution is 5.94. The molecule has 4 heteroatoms. The van der Waals surface area contributed by atoms with E-state index >= 15 is 0 Å². The lowest BCUT2D eigenvalue weighted by Gasteiger charge is -2.51. The van der Waals surface area contributed by atoms with Crippen molar-refractivity contribution in [3.05, 3.63) is 23.8 Å². The van der Waals surface area contributed by atoms with Crippen LogP contribution in [0.2, 0.25) is 0 Å². The lowest BCUT2D eigenvalue weighted by Crippen LogP contribution is -2.60. The van der Waals surface area contributed by atoms with Gasteiger partial charge >= 0.3 is 0 Å². The highest BCUT2D eigenvalue weighted by Gasteiger charge is 2.64. The number of hydrogen-bond acceptors (Lipinski definition) is 4. The molecule has 104 valence electrons. The Bertz CT molecular complexity index is 508. The summed E-state index contributed by atoms with van der Waals surface area (Å²) >= 11 is 0. The molecule has 3 rings (SSSR count). The van der Waals surface area contributed by atoms with Crippen molar-refractivity contribution < 1.29 is 19.7 Å². The van der Waals surface area contributed by atoms with Crippen LogP contribution in [0.1, 0.15) is 27.2 Å². The lowest BCUT2D eigenvalue weighted by molar-refractivity contribution is -0.242. The number of allylic oxidation sites excluding steroid dienone is 3. The van der Waals surface area contributed by atoms with Crippen LogP contribution in [0.15, 0.2) is 23.8 Å². The summed E-state index contributed by atoms with van der Waals surface area (Å²) in [7, 11) is 0. The van der Waals surface area contributed by atoms with Gasteiger partial charge in [0.15, 0.2) is 5.78 Å². The van der Waals surface area contributed by atoms with Gasteiger partial charge in [-0.05, 0) is 24.1 Å². The summed E-state index contributed by atoms with van der Waals surface area (Å²) in [5.74, 6) is -1.93. The van der Waals surface area contributed by atoms with Crippen LogP contribution in [-0.4, -0.2) is 34.0 Å². The maximum absolute atomic E-state index is 11.9. The van der Waals surface area contributed by atoms with Crippen LogP contribution >= 0.6 is 0 Å². The second-order valence-electron chi connectivity index (χ2n) is 6.48. The van der Waals surface area contributed by atoms with Crippen molar-refractivity contribution in [2.75, 3.05) is 6.61 Å². The third kappa shape index (κ3) is 1.42. The van der Waals surface area contributed by atoms with Crippen molar-refractivity contribution in [3.8, 4) is 0 Å². The SMILES string of the molecule is C[C@@H]1C(=O)C=CC2=C[C@]3(O)OC[C@H](C)[C@]3(O)C[C@@]21C. The Morgan fingerprint density at radius 1 is 1.32 bits per heavy atom. The second-order valence-corrected chi connectivity index (χ2v) is 6.48. The summed E-state index contributed by atoms with van der Waals surface area (Å²) in [6.07, 6.45) is 5.22. The molecule has 2 aliphatic carbocycles. The van der Waals surface area contributed by atoms with Gasteiger partial charge < -0.3 is 14.9 Å². The Morgan fingerprint density at radius 3 is 2.68 bits per heavy atom. The van der Waals surface area contributed by atoms with E-state index in [1.54, 1.807) is 18.2 Å². The summed E-state index contributed by atoms with van der Waals surface area (Å²) in [5.41, 5.74) is -0.902. The maximum Gasteiger partial charge on any atom is 0.216 e. The first-order chi connectivity index (χ1) is 8.73. The molecule has 0 saturated carbocycles. The van der Waals surface area contributed by atoms with Crippen LogP contribution in [0.3, 0.4) is 0 Å². The Morgan fingerprint density at radius 2 is 2.00 bits per heavy atom. The molecule has 1 saturated heterocycles. The fourth-order valence-corrected chi connectivity index (χ4v) is 3.64. The zero-order chi connectivity index (χ0) is 14.1. The average Bonchev–Trinajstić information content (AvgIpc) is 2.56. The van der Waals surface area contributed by atoms with Gasteiger partial charge in [0, 0.05) is 17.3 Å². The molecule has 4 nitrogen and oxygen atoms in total. The molecule has 0 amide bonds. The Kier molecular flexibility index (Phi) is 2.45. The van der Waals surface area contributed by atoms with E-state index in [1.807, 2.05) is 20.8 Å². The number of hydrogen-bond donors (Lipinski definition) is 2. The van der Waals surface area contributed by atoms with Gasteiger partial charge in [-0.15, -0.1) is 0 Å². The maximum atomic E-state index is 11.9. The third-order valence-electron chi connectivity index (χ3n) is 5.45. The first kappa shape index (κ1) is 13.0. The number of ketones is 1. The molecular weight excluding hydrogens is 244 g/mol. The standard InChI is InChI=1S/C15H20O4/c1-9-7-19-15(18)6-11-4-5-12(16)10(2)13(11,3)8-14(9,15)17/h4-6,9-10,17-18H,7-8H2,1-3H3/t9-,10+,13+,14+,15-/m0/s1. The largest absolute Gasteiger partial charge is 0.383 e. The van der Waals surface area contributed by atoms with Crippen molar-refractivity contribution in [2.24, 2.45) is 17.3 Å². The summed E-state index contributed by atoms with van der Waals surface area (Å²) in [4.78, 5) is 11.9. The molecule has 1 fully saturated rings. The van der Waals surface area contributed by atoms with E-state index < -0.39 is 16.8 Å². The molecule has 0 radical (unpaired) electrons. The molecule has 5 atom stereocenters. The summed E-state index contributed by atoms with van der Waals surface area (Å²) in [6.45, 7) is 6.05. The van der Waals surface area contributed by atoms with E-state index in [0.717, 1.165) is 5.57 Å². The van der Waals surface area contributed by atoms with E-state index in [9.17, 15) is 15.0 Å². The van der Waals surface area contributed by atoms with Gasteiger partial charge in [0.05, 0.1) is 6.61 Å². The molecule has 0 unspecified atom stereocenters.